The lowest BCUT2D eigenvalue weighted by Gasteiger charge is -2.14. The van der Waals surface area contributed by atoms with Crippen molar-refractivity contribution in [2.75, 3.05) is 6.61 Å². The first kappa shape index (κ1) is 18.5. The van der Waals surface area contributed by atoms with Gasteiger partial charge in [0.05, 0.1) is 4.92 Å². The number of nitrogens with one attached hydrogen (secondary N) is 1. The summed E-state index contributed by atoms with van der Waals surface area (Å²) in [6.07, 6.45) is -0.609. The third-order valence-electron chi connectivity index (χ3n) is 5.02. The molecular weight excluding hydrogens is 372 g/mol. The van der Waals surface area contributed by atoms with Gasteiger partial charge in [0.1, 0.15) is 6.61 Å². The number of fused-ring (bicyclic) bond motifs is 3. The number of carbonyl (C=O) groups excluding carboxylic acids is 1. The molecule has 0 bridgehead atoms. The molecule has 0 unspecified atom stereocenters. The number of nitrogens with zero attached hydrogens (tertiary/aromatic N) is 1. The van der Waals surface area contributed by atoms with Gasteiger partial charge in [-0.15, -0.1) is 0 Å². The number of amides is 1. The Morgan fingerprint density at radius 1 is 1.03 bits per heavy atom. The van der Waals surface area contributed by atoms with Crippen molar-refractivity contribution in [3.05, 3.63) is 93.5 Å². The Kier molecular flexibility index (Phi) is 4.87. The number of ether oxygens (including phenoxy) is 1. The number of hydrogen-bond acceptors (Lipinski definition) is 5. The zero-order valence-electron chi connectivity index (χ0n) is 15.4. The summed E-state index contributed by atoms with van der Waals surface area (Å²) in [7, 11) is 0. The number of alkyl carbamates (subject to hydrolysis) is 1. The summed E-state index contributed by atoms with van der Waals surface area (Å²) in [5.74, 6) is -0.456. The molecule has 3 aromatic rings. The molecule has 0 aliphatic heterocycles. The summed E-state index contributed by atoms with van der Waals surface area (Å²) in [4.78, 5) is 22.4. The maximum absolute atomic E-state index is 12.2. The van der Waals surface area contributed by atoms with Crippen LogP contribution in [0.25, 0.3) is 11.1 Å². The Morgan fingerprint density at radius 3 is 2.28 bits per heavy atom. The summed E-state index contributed by atoms with van der Waals surface area (Å²) in [5.41, 5.74) is 4.62. The van der Waals surface area contributed by atoms with Crippen molar-refractivity contribution in [2.24, 2.45) is 0 Å². The molecule has 1 amide bonds. The maximum atomic E-state index is 12.2. The summed E-state index contributed by atoms with van der Waals surface area (Å²) in [6, 6.07) is 20.1. The van der Waals surface area contributed by atoms with Crippen molar-refractivity contribution in [1.29, 1.82) is 0 Å². The molecule has 1 aliphatic carbocycles. The Bertz CT molecular complexity index is 1050. The second-order valence-corrected chi connectivity index (χ2v) is 6.76. The van der Waals surface area contributed by atoms with Crippen LogP contribution in [0.4, 0.5) is 10.5 Å². The molecule has 0 radical (unpaired) electrons. The molecule has 1 aliphatic rings. The highest BCUT2D eigenvalue weighted by atomic mass is 16.6. The SMILES string of the molecule is O=C(NCc1ccc(O)c([N+](=O)[O-])c1)OCC1c2ccccc2-c2ccccc21. The number of hydrogen-bond donors (Lipinski definition) is 2. The fourth-order valence-electron chi connectivity index (χ4n) is 3.65. The van der Waals surface area contributed by atoms with Gasteiger partial charge in [-0.3, -0.25) is 10.1 Å². The number of nitro groups is 1. The Balaban J connectivity index is 1.41. The molecule has 0 aromatic heterocycles. The van der Waals surface area contributed by atoms with Crippen molar-refractivity contribution in [2.45, 2.75) is 12.5 Å². The first-order chi connectivity index (χ1) is 14.0. The van der Waals surface area contributed by atoms with Crippen LogP contribution in [0.15, 0.2) is 66.7 Å². The van der Waals surface area contributed by atoms with E-state index in [0.717, 1.165) is 22.3 Å². The van der Waals surface area contributed by atoms with Crippen LogP contribution in [0.2, 0.25) is 0 Å². The van der Waals surface area contributed by atoms with E-state index >= 15 is 0 Å². The molecule has 7 heteroatoms. The quantitative estimate of drug-likeness (QED) is 0.498. The fraction of sp³-hybridized carbons (Fsp3) is 0.136. The third-order valence-corrected chi connectivity index (χ3v) is 5.02. The monoisotopic (exact) mass is 390 g/mol. The summed E-state index contributed by atoms with van der Waals surface area (Å²) in [5, 5.41) is 23.0. The molecule has 0 heterocycles. The molecule has 0 spiro atoms. The van der Waals surface area contributed by atoms with Crippen LogP contribution >= 0.6 is 0 Å². The van der Waals surface area contributed by atoms with Crippen LogP contribution in [0.1, 0.15) is 22.6 Å². The number of aromatic hydroxyl groups is 1. The normalized spacial score (nSPS) is 12.1. The van der Waals surface area contributed by atoms with Gasteiger partial charge < -0.3 is 15.2 Å². The summed E-state index contributed by atoms with van der Waals surface area (Å²) in [6.45, 7) is 0.243. The van der Waals surface area contributed by atoms with E-state index in [-0.39, 0.29) is 19.1 Å². The molecule has 0 atom stereocenters. The fourth-order valence-corrected chi connectivity index (χ4v) is 3.65. The van der Waals surface area contributed by atoms with Gasteiger partial charge in [0.25, 0.3) is 0 Å². The molecule has 4 rings (SSSR count). The Labute approximate surface area is 166 Å². The van der Waals surface area contributed by atoms with Crippen LogP contribution in [-0.2, 0) is 11.3 Å². The number of rotatable bonds is 5. The second-order valence-electron chi connectivity index (χ2n) is 6.76. The highest BCUT2D eigenvalue weighted by molar-refractivity contribution is 5.79. The van der Waals surface area contributed by atoms with E-state index in [2.05, 4.69) is 17.4 Å². The topological polar surface area (TPSA) is 102 Å². The number of phenols is 1. The van der Waals surface area contributed by atoms with Crippen molar-refractivity contribution in [3.8, 4) is 16.9 Å². The van der Waals surface area contributed by atoms with Gasteiger partial charge in [-0.05, 0) is 33.9 Å². The van der Waals surface area contributed by atoms with Crippen LogP contribution < -0.4 is 5.32 Å². The van der Waals surface area contributed by atoms with Crippen LogP contribution in [0.5, 0.6) is 5.75 Å². The largest absolute Gasteiger partial charge is 0.502 e. The zero-order valence-corrected chi connectivity index (χ0v) is 15.4. The van der Waals surface area contributed by atoms with Crippen molar-refractivity contribution >= 4 is 11.8 Å². The molecule has 3 aromatic carbocycles. The number of nitro benzene ring substituents is 1. The molecule has 0 saturated heterocycles. The average molecular weight is 390 g/mol. The number of carbonyl (C=O) groups is 1. The van der Waals surface area contributed by atoms with E-state index in [1.807, 2.05) is 36.4 Å². The summed E-state index contributed by atoms with van der Waals surface area (Å²) < 4.78 is 5.43. The van der Waals surface area contributed by atoms with Gasteiger partial charge in [-0.1, -0.05) is 54.6 Å². The van der Waals surface area contributed by atoms with E-state index in [1.54, 1.807) is 0 Å². The molecule has 0 saturated carbocycles. The smallest absolute Gasteiger partial charge is 0.407 e. The average Bonchev–Trinajstić information content (AvgIpc) is 3.05. The van der Waals surface area contributed by atoms with Gasteiger partial charge >= 0.3 is 11.8 Å². The predicted octanol–water partition coefficient (Wildman–Crippen LogP) is 4.34. The molecule has 7 nitrogen and oxygen atoms in total. The van der Waals surface area contributed by atoms with Gasteiger partial charge in [-0.25, -0.2) is 4.79 Å². The van der Waals surface area contributed by atoms with E-state index in [1.165, 1.54) is 18.2 Å². The first-order valence-corrected chi connectivity index (χ1v) is 9.09. The third kappa shape index (κ3) is 3.62. The Hall–Kier alpha value is -3.87. The Morgan fingerprint density at radius 2 is 1.66 bits per heavy atom. The van der Waals surface area contributed by atoms with Gasteiger partial charge in [0.15, 0.2) is 5.75 Å². The van der Waals surface area contributed by atoms with E-state index in [4.69, 9.17) is 4.74 Å². The van der Waals surface area contributed by atoms with Crippen molar-refractivity contribution < 1.29 is 19.6 Å². The summed E-state index contributed by atoms with van der Waals surface area (Å²) >= 11 is 0. The van der Waals surface area contributed by atoms with Crippen LogP contribution in [-0.4, -0.2) is 22.7 Å². The van der Waals surface area contributed by atoms with E-state index < -0.39 is 22.5 Å². The van der Waals surface area contributed by atoms with Gasteiger partial charge in [0, 0.05) is 18.5 Å². The predicted molar refractivity (Wildman–Crippen MR) is 107 cm³/mol. The lowest BCUT2D eigenvalue weighted by molar-refractivity contribution is -0.385. The zero-order chi connectivity index (χ0) is 20.4. The number of phenolic OH excluding ortho intramolecular Hbond substituents is 1. The van der Waals surface area contributed by atoms with Crippen molar-refractivity contribution in [3.63, 3.8) is 0 Å². The minimum Gasteiger partial charge on any atom is -0.502 e. The first-order valence-electron chi connectivity index (χ1n) is 9.09. The van der Waals surface area contributed by atoms with E-state index in [0.29, 0.717) is 5.56 Å². The lowest BCUT2D eigenvalue weighted by atomic mass is 9.98. The minimum absolute atomic E-state index is 0.0390. The molecule has 2 N–H and O–H groups in total. The standard InChI is InChI=1S/C22H18N2O5/c25-21-10-9-14(11-20(21)24(27)28)12-23-22(26)29-13-19-17-7-3-1-5-15(17)16-6-2-4-8-18(16)19/h1-11,19,25H,12-13H2,(H,23,26). The highest BCUT2D eigenvalue weighted by Gasteiger charge is 2.29. The molecule has 29 heavy (non-hydrogen) atoms. The van der Waals surface area contributed by atoms with Crippen LogP contribution in [0.3, 0.4) is 0 Å². The van der Waals surface area contributed by atoms with Gasteiger partial charge in [-0.2, -0.15) is 0 Å². The lowest BCUT2D eigenvalue weighted by Crippen LogP contribution is -2.25. The molecule has 146 valence electrons. The van der Waals surface area contributed by atoms with E-state index in [9.17, 15) is 20.0 Å². The van der Waals surface area contributed by atoms with Crippen molar-refractivity contribution in [1.82, 2.24) is 5.32 Å². The number of benzene rings is 3. The highest BCUT2D eigenvalue weighted by Crippen LogP contribution is 2.44. The molecular formula is C22H18N2O5. The second kappa shape index (κ2) is 7.63. The maximum Gasteiger partial charge on any atom is 0.407 e. The van der Waals surface area contributed by atoms with Gasteiger partial charge in [0.2, 0.25) is 0 Å². The minimum atomic E-state index is -0.674. The van der Waals surface area contributed by atoms with Crippen LogP contribution in [0, 0.1) is 10.1 Å². The molecule has 0 fully saturated rings.